The molecule has 0 aromatic heterocycles. The molecule has 1 aromatic carbocycles. The molecule has 0 heterocycles. The molecular formula is C18H28NO6+. The molecule has 0 unspecified atom stereocenters. The van der Waals surface area contributed by atoms with Crippen LogP contribution >= 0.6 is 0 Å². The Hall–Kier alpha value is -1.83. The fourth-order valence-corrected chi connectivity index (χ4v) is 2.97. The number of nitrogens with two attached hydrogens (primary N) is 1. The van der Waals surface area contributed by atoms with E-state index in [2.05, 4.69) is 10.1 Å². The molecule has 0 radical (unpaired) electrons. The molecule has 1 aliphatic carbocycles. The maximum atomic E-state index is 11.5. The van der Waals surface area contributed by atoms with Gasteiger partial charge in [0.1, 0.15) is 19.3 Å². The fourth-order valence-electron chi connectivity index (χ4n) is 2.97. The maximum absolute atomic E-state index is 11.5. The molecule has 2 rings (SSSR count). The van der Waals surface area contributed by atoms with Crippen LogP contribution in [0.5, 0.6) is 11.5 Å². The molecule has 1 atom stereocenters. The molecule has 1 aromatic rings. The van der Waals surface area contributed by atoms with E-state index in [4.69, 9.17) is 9.47 Å². The Kier molecular flexibility index (Phi) is 7.49. The Morgan fingerprint density at radius 2 is 1.96 bits per heavy atom. The van der Waals surface area contributed by atoms with Gasteiger partial charge in [-0.2, -0.15) is 0 Å². The summed E-state index contributed by atoms with van der Waals surface area (Å²) in [7, 11) is 2.81. The summed E-state index contributed by atoms with van der Waals surface area (Å²) in [6, 6.07) is 5.22. The Morgan fingerprint density at radius 1 is 1.24 bits per heavy atom. The van der Waals surface area contributed by atoms with Crippen LogP contribution in [0.2, 0.25) is 0 Å². The van der Waals surface area contributed by atoms with E-state index in [0.29, 0.717) is 29.6 Å². The van der Waals surface area contributed by atoms with Crippen molar-refractivity contribution in [1.29, 1.82) is 0 Å². The monoisotopic (exact) mass is 354 g/mol. The standard InChI is InChI=1S/C18H27NO6/c1-23-17-9-12(18(22)24-2)3-8-16(17)25-11-15(21)10-19-13-4-6-14(20)7-5-13/h3,8-9,13-15,19-21H,4-7,10-11H2,1-2H3/p+1/t13?,14?,15-/m1/s1. The second-order valence-electron chi connectivity index (χ2n) is 6.36. The first kappa shape index (κ1) is 19.5. The van der Waals surface area contributed by atoms with Gasteiger partial charge in [-0.1, -0.05) is 0 Å². The number of esters is 1. The Labute approximate surface area is 147 Å². The van der Waals surface area contributed by atoms with Gasteiger partial charge in [-0.25, -0.2) is 4.79 Å². The first-order valence-electron chi connectivity index (χ1n) is 8.62. The Balaban J connectivity index is 1.80. The number of aliphatic hydroxyl groups excluding tert-OH is 2. The molecule has 0 spiro atoms. The second-order valence-corrected chi connectivity index (χ2v) is 6.36. The largest absolute Gasteiger partial charge is 0.493 e. The van der Waals surface area contributed by atoms with E-state index in [-0.39, 0.29) is 12.7 Å². The highest BCUT2D eigenvalue weighted by Gasteiger charge is 2.22. The first-order chi connectivity index (χ1) is 12.0. The molecule has 0 saturated heterocycles. The Bertz CT molecular complexity index is 556. The fraction of sp³-hybridized carbons (Fsp3) is 0.611. The lowest BCUT2D eigenvalue weighted by Crippen LogP contribution is -2.92. The van der Waals surface area contributed by atoms with Gasteiger partial charge in [-0.05, 0) is 31.0 Å². The van der Waals surface area contributed by atoms with Crippen LogP contribution < -0.4 is 14.8 Å². The Morgan fingerprint density at radius 3 is 2.60 bits per heavy atom. The number of hydrogen-bond donors (Lipinski definition) is 3. The first-order valence-corrected chi connectivity index (χ1v) is 8.62. The molecule has 0 aliphatic heterocycles. The molecule has 1 fully saturated rings. The van der Waals surface area contributed by atoms with Gasteiger partial charge in [0.2, 0.25) is 0 Å². The normalized spacial score (nSPS) is 21.4. The third kappa shape index (κ3) is 5.88. The highest BCUT2D eigenvalue weighted by atomic mass is 16.5. The molecule has 0 amide bonds. The van der Waals surface area contributed by atoms with Crippen LogP contribution in [0.3, 0.4) is 0 Å². The molecule has 25 heavy (non-hydrogen) atoms. The average Bonchev–Trinajstić information content (AvgIpc) is 2.65. The second kappa shape index (κ2) is 9.60. The van der Waals surface area contributed by atoms with Gasteiger partial charge < -0.3 is 29.7 Å². The van der Waals surface area contributed by atoms with Crippen molar-refractivity contribution in [3.63, 3.8) is 0 Å². The number of aliphatic hydroxyl groups is 2. The summed E-state index contributed by atoms with van der Waals surface area (Å²) < 4.78 is 15.5. The van der Waals surface area contributed by atoms with Crippen molar-refractivity contribution in [2.45, 2.75) is 43.9 Å². The third-order valence-corrected chi connectivity index (χ3v) is 4.50. The lowest BCUT2D eigenvalue weighted by atomic mass is 9.93. The highest BCUT2D eigenvalue weighted by Crippen LogP contribution is 2.28. The number of hydrogen-bond acceptors (Lipinski definition) is 6. The highest BCUT2D eigenvalue weighted by molar-refractivity contribution is 5.90. The molecule has 4 N–H and O–H groups in total. The van der Waals surface area contributed by atoms with Crippen LogP contribution in [0.1, 0.15) is 36.0 Å². The number of quaternary nitrogens is 1. The molecule has 140 valence electrons. The molecule has 1 aliphatic rings. The van der Waals surface area contributed by atoms with Crippen LogP contribution in [-0.2, 0) is 4.74 Å². The summed E-state index contributed by atoms with van der Waals surface area (Å²) in [6.07, 6.45) is 2.82. The van der Waals surface area contributed by atoms with Crippen LogP contribution in [0.25, 0.3) is 0 Å². The molecular weight excluding hydrogens is 326 g/mol. The number of ether oxygens (including phenoxy) is 3. The van der Waals surface area contributed by atoms with Crippen molar-refractivity contribution in [2.24, 2.45) is 0 Å². The SMILES string of the molecule is COC(=O)c1ccc(OC[C@H](O)C[NH2+]C2CCC(O)CC2)c(OC)c1. The van der Waals surface area contributed by atoms with E-state index in [0.717, 1.165) is 25.7 Å². The zero-order chi connectivity index (χ0) is 18.2. The number of benzene rings is 1. The lowest BCUT2D eigenvalue weighted by Gasteiger charge is -2.24. The van der Waals surface area contributed by atoms with Crippen LogP contribution in [0.4, 0.5) is 0 Å². The topological polar surface area (TPSA) is 102 Å². The smallest absolute Gasteiger partial charge is 0.337 e. The van der Waals surface area contributed by atoms with E-state index >= 15 is 0 Å². The summed E-state index contributed by atoms with van der Waals surface area (Å²) in [5, 5.41) is 21.7. The minimum atomic E-state index is -0.614. The van der Waals surface area contributed by atoms with Crippen LogP contribution in [0, 0.1) is 0 Å². The molecule has 7 nitrogen and oxygen atoms in total. The number of methoxy groups -OCH3 is 2. The van der Waals surface area contributed by atoms with Crippen molar-refractivity contribution >= 4 is 5.97 Å². The predicted octanol–water partition coefficient (Wildman–Crippen LogP) is 0.0884. The van der Waals surface area contributed by atoms with E-state index in [9.17, 15) is 15.0 Å². The van der Waals surface area contributed by atoms with Gasteiger partial charge in [0.25, 0.3) is 0 Å². The number of carbonyl (C=O) groups is 1. The average molecular weight is 354 g/mol. The zero-order valence-corrected chi connectivity index (χ0v) is 14.8. The van der Waals surface area contributed by atoms with Gasteiger partial charge in [-0.3, -0.25) is 0 Å². The van der Waals surface area contributed by atoms with Gasteiger partial charge in [0, 0.05) is 12.8 Å². The van der Waals surface area contributed by atoms with E-state index in [1.165, 1.54) is 14.2 Å². The van der Waals surface area contributed by atoms with Gasteiger partial charge >= 0.3 is 5.97 Å². The lowest BCUT2D eigenvalue weighted by molar-refractivity contribution is -0.697. The predicted molar refractivity (Wildman–Crippen MR) is 90.9 cm³/mol. The molecule has 1 saturated carbocycles. The summed E-state index contributed by atoms with van der Waals surface area (Å²) >= 11 is 0. The zero-order valence-electron chi connectivity index (χ0n) is 14.8. The quantitative estimate of drug-likeness (QED) is 0.572. The number of rotatable bonds is 8. The van der Waals surface area contributed by atoms with Crippen molar-refractivity contribution in [3.05, 3.63) is 23.8 Å². The van der Waals surface area contributed by atoms with Gasteiger partial charge in [-0.15, -0.1) is 0 Å². The molecule has 0 bridgehead atoms. The van der Waals surface area contributed by atoms with Crippen molar-refractivity contribution in [3.8, 4) is 11.5 Å². The van der Waals surface area contributed by atoms with Crippen LogP contribution in [-0.4, -0.2) is 61.8 Å². The minimum Gasteiger partial charge on any atom is -0.493 e. The van der Waals surface area contributed by atoms with E-state index in [1.807, 2.05) is 0 Å². The van der Waals surface area contributed by atoms with Gasteiger partial charge in [0.05, 0.1) is 31.9 Å². The summed E-state index contributed by atoms with van der Waals surface area (Å²) in [5.41, 5.74) is 0.375. The van der Waals surface area contributed by atoms with Crippen molar-refractivity contribution < 1.29 is 34.5 Å². The summed E-state index contributed by atoms with van der Waals surface area (Å²) in [6.45, 7) is 0.684. The van der Waals surface area contributed by atoms with Gasteiger partial charge in [0.15, 0.2) is 11.5 Å². The van der Waals surface area contributed by atoms with Crippen LogP contribution in [0.15, 0.2) is 18.2 Å². The molecule has 7 heteroatoms. The number of carbonyl (C=O) groups excluding carboxylic acids is 1. The summed E-state index contributed by atoms with van der Waals surface area (Å²) in [5.74, 6) is 0.437. The van der Waals surface area contributed by atoms with E-state index < -0.39 is 12.1 Å². The third-order valence-electron chi connectivity index (χ3n) is 4.50. The van der Waals surface area contributed by atoms with Crippen molar-refractivity contribution in [2.75, 3.05) is 27.4 Å². The van der Waals surface area contributed by atoms with Crippen molar-refractivity contribution in [1.82, 2.24) is 0 Å². The maximum Gasteiger partial charge on any atom is 0.337 e. The minimum absolute atomic E-state index is 0.139. The summed E-state index contributed by atoms with van der Waals surface area (Å²) in [4.78, 5) is 11.5. The van der Waals surface area contributed by atoms with E-state index in [1.54, 1.807) is 18.2 Å².